The number of fused-ring (bicyclic) bond motifs is 1. The molecule has 3 aromatic heterocycles. The number of imidazole rings is 1. The van der Waals surface area contributed by atoms with Crippen molar-refractivity contribution in [1.29, 1.82) is 0 Å². The molecule has 0 atom stereocenters. The minimum atomic E-state index is -0.118. The molecule has 0 unspecified atom stereocenters. The summed E-state index contributed by atoms with van der Waals surface area (Å²) in [5, 5.41) is 11.5. The van der Waals surface area contributed by atoms with Gasteiger partial charge in [-0.25, -0.2) is 9.97 Å². The van der Waals surface area contributed by atoms with Crippen molar-refractivity contribution in [3.05, 3.63) is 59.7 Å². The Bertz CT molecular complexity index is 909. The first-order chi connectivity index (χ1) is 10.8. The van der Waals surface area contributed by atoms with Crippen LogP contribution in [0.2, 0.25) is 0 Å². The van der Waals surface area contributed by atoms with Crippen LogP contribution in [-0.2, 0) is 13.2 Å². The van der Waals surface area contributed by atoms with E-state index in [2.05, 4.69) is 9.97 Å². The van der Waals surface area contributed by atoms with Crippen molar-refractivity contribution >= 4 is 22.4 Å². The topological polar surface area (TPSA) is 64.1 Å². The van der Waals surface area contributed by atoms with Gasteiger partial charge < -0.3 is 14.1 Å². The quantitative estimate of drug-likeness (QED) is 0.628. The number of aliphatic hydroxyl groups excluding tert-OH is 1. The number of rotatable bonds is 4. The lowest BCUT2D eigenvalue weighted by Crippen LogP contribution is -2.05. The van der Waals surface area contributed by atoms with Crippen LogP contribution in [0.15, 0.2) is 52.4 Å². The second kappa shape index (κ2) is 5.40. The molecule has 3 heterocycles. The Morgan fingerprint density at radius 2 is 2.09 bits per heavy atom. The van der Waals surface area contributed by atoms with E-state index in [1.165, 1.54) is 0 Å². The maximum atomic E-state index is 9.52. The third kappa shape index (κ3) is 2.22. The normalized spacial score (nSPS) is 11.3. The van der Waals surface area contributed by atoms with Crippen molar-refractivity contribution in [3.63, 3.8) is 0 Å². The Balaban J connectivity index is 1.72. The SMILES string of the molecule is OCc1nc2ccccc2n1Cc1ncc(-c2cccs2)o1. The third-order valence-corrected chi connectivity index (χ3v) is 4.37. The second-order valence-corrected chi connectivity index (χ2v) is 5.80. The van der Waals surface area contributed by atoms with Crippen LogP contribution < -0.4 is 0 Å². The molecule has 1 N–H and O–H groups in total. The maximum absolute atomic E-state index is 9.52. The van der Waals surface area contributed by atoms with Crippen molar-refractivity contribution in [1.82, 2.24) is 14.5 Å². The third-order valence-electron chi connectivity index (χ3n) is 3.49. The van der Waals surface area contributed by atoms with E-state index >= 15 is 0 Å². The smallest absolute Gasteiger partial charge is 0.214 e. The predicted octanol–water partition coefficient (Wildman–Crippen LogP) is 3.29. The van der Waals surface area contributed by atoms with E-state index < -0.39 is 0 Å². The molecule has 0 fully saturated rings. The molecular weight excluding hydrogens is 298 g/mol. The number of oxazole rings is 1. The summed E-state index contributed by atoms with van der Waals surface area (Å²) in [6.45, 7) is 0.328. The molecule has 1 aromatic carbocycles. The number of thiophene rings is 1. The van der Waals surface area contributed by atoms with Crippen LogP contribution in [-0.4, -0.2) is 19.6 Å². The zero-order chi connectivity index (χ0) is 14.9. The molecule has 0 aliphatic heterocycles. The van der Waals surface area contributed by atoms with E-state index in [4.69, 9.17) is 4.42 Å². The Labute approximate surface area is 130 Å². The summed E-state index contributed by atoms with van der Waals surface area (Å²) in [7, 11) is 0. The van der Waals surface area contributed by atoms with Gasteiger partial charge in [0.05, 0.1) is 22.1 Å². The van der Waals surface area contributed by atoms with Gasteiger partial charge in [-0.1, -0.05) is 18.2 Å². The van der Waals surface area contributed by atoms with Gasteiger partial charge in [0.15, 0.2) is 5.76 Å². The average Bonchev–Trinajstić information content (AvgIpc) is 3.27. The summed E-state index contributed by atoms with van der Waals surface area (Å²) < 4.78 is 7.75. The lowest BCUT2D eigenvalue weighted by molar-refractivity contribution is 0.266. The van der Waals surface area contributed by atoms with Gasteiger partial charge in [0, 0.05) is 0 Å². The van der Waals surface area contributed by atoms with E-state index in [1.807, 2.05) is 46.3 Å². The first-order valence-electron chi connectivity index (χ1n) is 6.89. The molecule has 0 bridgehead atoms. The molecule has 0 saturated carbocycles. The van der Waals surface area contributed by atoms with Crippen LogP contribution in [0.4, 0.5) is 0 Å². The number of aromatic nitrogens is 3. The number of nitrogens with zero attached hydrogens (tertiary/aromatic N) is 3. The average molecular weight is 311 g/mol. The van der Waals surface area contributed by atoms with Crippen LogP contribution in [0, 0.1) is 0 Å². The van der Waals surface area contributed by atoms with Gasteiger partial charge >= 0.3 is 0 Å². The fourth-order valence-corrected chi connectivity index (χ4v) is 3.15. The minimum absolute atomic E-state index is 0.118. The van der Waals surface area contributed by atoms with Gasteiger partial charge in [-0.2, -0.15) is 0 Å². The lowest BCUT2D eigenvalue weighted by Gasteiger charge is -2.04. The van der Waals surface area contributed by atoms with E-state index in [9.17, 15) is 5.11 Å². The number of para-hydroxylation sites is 2. The lowest BCUT2D eigenvalue weighted by atomic mass is 10.3. The van der Waals surface area contributed by atoms with E-state index in [0.717, 1.165) is 21.7 Å². The molecule has 0 aliphatic rings. The Morgan fingerprint density at radius 3 is 2.91 bits per heavy atom. The van der Waals surface area contributed by atoms with Crippen LogP contribution >= 0.6 is 11.3 Å². The molecule has 0 radical (unpaired) electrons. The fourth-order valence-electron chi connectivity index (χ4n) is 2.47. The Morgan fingerprint density at radius 1 is 1.18 bits per heavy atom. The van der Waals surface area contributed by atoms with E-state index in [1.54, 1.807) is 17.5 Å². The molecule has 0 saturated heterocycles. The molecular formula is C16H13N3O2S. The molecule has 4 rings (SSSR count). The first kappa shape index (κ1) is 13.2. The molecule has 110 valence electrons. The van der Waals surface area contributed by atoms with E-state index in [0.29, 0.717) is 18.3 Å². The summed E-state index contributed by atoms with van der Waals surface area (Å²) in [5.41, 5.74) is 1.82. The molecule has 0 aliphatic carbocycles. The van der Waals surface area contributed by atoms with Crippen molar-refractivity contribution in [2.75, 3.05) is 0 Å². The zero-order valence-electron chi connectivity index (χ0n) is 11.6. The van der Waals surface area contributed by atoms with Gasteiger partial charge in [-0.15, -0.1) is 11.3 Å². The van der Waals surface area contributed by atoms with Crippen molar-refractivity contribution in [2.45, 2.75) is 13.2 Å². The molecule has 4 aromatic rings. The summed E-state index contributed by atoms with van der Waals surface area (Å²) in [6.07, 6.45) is 1.74. The fraction of sp³-hybridized carbons (Fsp3) is 0.125. The van der Waals surface area contributed by atoms with Gasteiger partial charge in [0.1, 0.15) is 19.0 Å². The number of benzene rings is 1. The van der Waals surface area contributed by atoms with Crippen LogP contribution in [0.3, 0.4) is 0 Å². The van der Waals surface area contributed by atoms with Crippen LogP contribution in [0.25, 0.3) is 21.7 Å². The largest absolute Gasteiger partial charge is 0.438 e. The second-order valence-electron chi connectivity index (χ2n) is 4.86. The Kier molecular flexibility index (Phi) is 3.25. The Hall–Kier alpha value is -2.44. The highest BCUT2D eigenvalue weighted by Gasteiger charge is 2.13. The zero-order valence-corrected chi connectivity index (χ0v) is 12.5. The summed E-state index contributed by atoms with van der Waals surface area (Å²) >= 11 is 1.61. The summed E-state index contributed by atoms with van der Waals surface area (Å²) in [4.78, 5) is 9.82. The summed E-state index contributed by atoms with van der Waals surface area (Å²) in [6, 6.07) is 11.8. The highest BCUT2D eigenvalue weighted by atomic mass is 32.1. The summed E-state index contributed by atoms with van der Waals surface area (Å²) in [5.74, 6) is 1.97. The molecule has 22 heavy (non-hydrogen) atoms. The van der Waals surface area contributed by atoms with Crippen LogP contribution in [0.1, 0.15) is 11.7 Å². The molecule has 5 nitrogen and oxygen atoms in total. The van der Waals surface area contributed by atoms with Gasteiger partial charge in [0.25, 0.3) is 0 Å². The molecule has 0 amide bonds. The molecule has 6 heteroatoms. The number of hydrogen-bond donors (Lipinski definition) is 1. The highest BCUT2D eigenvalue weighted by Crippen LogP contribution is 2.26. The number of hydrogen-bond acceptors (Lipinski definition) is 5. The first-order valence-corrected chi connectivity index (χ1v) is 7.76. The maximum Gasteiger partial charge on any atom is 0.214 e. The monoisotopic (exact) mass is 311 g/mol. The van der Waals surface area contributed by atoms with Crippen molar-refractivity contribution in [3.8, 4) is 10.6 Å². The van der Waals surface area contributed by atoms with Crippen LogP contribution in [0.5, 0.6) is 0 Å². The standard InChI is InChI=1S/C16H13N3O2S/c20-10-15-18-11-4-1-2-5-12(11)19(15)9-16-17-8-13(21-16)14-6-3-7-22-14/h1-8,20H,9-10H2. The van der Waals surface area contributed by atoms with Crippen molar-refractivity contribution < 1.29 is 9.52 Å². The highest BCUT2D eigenvalue weighted by molar-refractivity contribution is 7.13. The minimum Gasteiger partial charge on any atom is -0.438 e. The predicted molar refractivity (Wildman–Crippen MR) is 84.6 cm³/mol. The van der Waals surface area contributed by atoms with Gasteiger partial charge in [0.2, 0.25) is 5.89 Å². The molecule has 0 spiro atoms. The van der Waals surface area contributed by atoms with E-state index in [-0.39, 0.29) is 6.61 Å². The van der Waals surface area contributed by atoms with Gasteiger partial charge in [-0.3, -0.25) is 0 Å². The number of aliphatic hydroxyl groups is 1. The van der Waals surface area contributed by atoms with Gasteiger partial charge in [-0.05, 0) is 23.6 Å². The van der Waals surface area contributed by atoms with Crippen molar-refractivity contribution in [2.24, 2.45) is 0 Å².